The van der Waals surface area contributed by atoms with Crippen molar-refractivity contribution in [1.82, 2.24) is 5.32 Å². The van der Waals surface area contributed by atoms with Gasteiger partial charge < -0.3 is 10.1 Å². The molecule has 0 bridgehead atoms. The van der Waals surface area contributed by atoms with E-state index in [1.54, 1.807) is 36.4 Å². The first-order valence-corrected chi connectivity index (χ1v) is 11.1. The van der Waals surface area contributed by atoms with Gasteiger partial charge in [-0.05, 0) is 60.3 Å². The number of amidine groups is 1. The summed E-state index contributed by atoms with van der Waals surface area (Å²) in [5.41, 5.74) is 2.24. The molecule has 4 nitrogen and oxygen atoms in total. The highest BCUT2D eigenvalue weighted by Gasteiger charge is 2.24. The minimum atomic E-state index is -0.230. The van der Waals surface area contributed by atoms with Crippen molar-refractivity contribution in [2.75, 3.05) is 0 Å². The summed E-state index contributed by atoms with van der Waals surface area (Å²) in [6.07, 6.45) is 1.73. The second kappa shape index (κ2) is 9.79. The first kappa shape index (κ1) is 21.8. The first-order valence-electron chi connectivity index (χ1n) is 9.19. The average molecular weight is 490 g/mol. The largest absolute Gasteiger partial charge is 0.488 e. The van der Waals surface area contributed by atoms with Gasteiger partial charge in [-0.25, -0.2) is 4.99 Å². The summed E-state index contributed by atoms with van der Waals surface area (Å²) in [6, 6.07) is 19.9. The molecule has 1 heterocycles. The molecule has 0 spiro atoms. The van der Waals surface area contributed by atoms with Gasteiger partial charge in [-0.1, -0.05) is 59.1 Å². The van der Waals surface area contributed by atoms with E-state index in [1.165, 1.54) is 11.8 Å². The zero-order valence-corrected chi connectivity index (χ0v) is 19.0. The van der Waals surface area contributed by atoms with Crippen molar-refractivity contribution in [3.63, 3.8) is 0 Å². The first-order chi connectivity index (χ1) is 15.0. The van der Waals surface area contributed by atoms with Crippen molar-refractivity contribution in [1.29, 1.82) is 0 Å². The number of benzene rings is 3. The Morgan fingerprint density at radius 1 is 0.968 bits per heavy atom. The molecule has 3 aromatic rings. The number of nitrogens with zero attached hydrogens (tertiary/aromatic N) is 1. The third-order valence-corrected chi connectivity index (χ3v) is 6.03. The number of carbonyl (C=O) groups excluding carboxylic acids is 1. The van der Waals surface area contributed by atoms with Gasteiger partial charge in [-0.15, -0.1) is 0 Å². The molecule has 1 aliphatic heterocycles. The van der Waals surface area contributed by atoms with Crippen LogP contribution in [0.1, 0.15) is 11.1 Å². The van der Waals surface area contributed by atoms with E-state index in [0.717, 1.165) is 11.3 Å². The Labute approximate surface area is 198 Å². The van der Waals surface area contributed by atoms with Crippen LogP contribution in [0.25, 0.3) is 6.08 Å². The Bertz CT molecular complexity index is 1200. The number of para-hydroxylation sites is 1. The minimum Gasteiger partial charge on any atom is -0.488 e. The van der Waals surface area contributed by atoms with E-state index in [9.17, 15) is 4.79 Å². The molecular formula is C23H15Cl3N2O2S. The van der Waals surface area contributed by atoms with Crippen LogP contribution in [0.2, 0.25) is 15.1 Å². The van der Waals surface area contributed by atoms with Gasteiger partial charge in [0, 0.05) is 26.2 Å². The number of thioether (sulfide) groups is 1. The van der Waals surface area contributed by atoms with Gasteiger partial charge in [0.2, 0.25) is 0 Å². The van der Waals surface area contributed by atoms with E-state index in [-0.39, 0.29) is 12.5 Å². The predicted octanol–water partition coefficient (Wildman–Crippen LogP) is 7.12. The summed E-state index contributed by atoms with van der Waals surface area (Å²) >= 11 is 19.6. The third-order valence-electron chi connectivity index (χ3n) is 4.29. The van der Waals surface area contributed by atoms with Crippen LogP contribution in [0.15, 0.2) is 76.6 Å². The number of rotatable bonds is 5. The number of carbonyl (C=O) groups is 1. The van der Waals surface area contributed by atoms with Crippen LogP contribution < -0.4 is 10.1 Å². The Balaban J connectivity index is 1.56. The lowest BCUT2D eigenvalue weighted by Gasteiger charge is -2.11. The molecule has 3 aromatic carbocycles. The highest BCUT2D eigenvalue weighted by molar-refractivity contribution is 8.18. The summed E-state index contributed by atoms with van der Waals surface area (Å²) in [5.74, 6) is 0.344. The van der Waals surface area contributed by atoms with Crippen LogP contribution in [0.5, 0.6) is 5.75 Å². The van der Waals surface area contributed by atoms with Crippen LogP contribution >= 0.6 is 46.6 Å². The summed E-state index contributed by atoms with van der Waals surface area (Å²) in [5, 5.41) is 4.91. The summed E-state index contributed by atoms with van der Waals surface area (Å²) in [6.45, 7) is 0.244. The lowest BCUT2D eigenvalue weighted by Crippen LogP contribution is -2.19. The molecule has 0 radical (unpaired) electrons. The second-order valence-corrected chi connectivity index (χ2v) is 8.83. The second-order valence-electron chi connectivity index (χ2n) is 6.52. The molecule has 0 aromatic heterocycles. The molecule has 1 aliphatic rings. The van der Waals surface area contributed by atoms with Gasteiger partial charge in [0.1, 0.15) is 12.4 Å². The Morgan fingerprint density at radius 3 is 2.48 bits per heavy atom. The van der Waals surface area contributed by atoms with Crippen molar-refractivity contribution < 1.29 is 9.53 Å². The van der Waals surface area contributed by atoms with E-state index in [1.807, 2.05) is 36.4 Å². The molecule has 156 valence electrons. The SMILES string of the molecule is O=C1NC(=Nc2ccccc2)SC1=Cc1cc(Cl)ccc1OCc1ccc(Cl)cc1Cl. The van der Waals surface area contributed by atoms with Crippen molar-refractivity contribution in [3.8, 4) is 5.75 Å². The monoisotopic (exact) mass is 488 g/mol. The summed E-state index contributed by atoms with van der Waals surface area (Å²) in [7, 11) is 0. The molecule has 31 heavy (non-hydrogen) atoms. The number of aliphatic imine (C=N–C) groups is 1. The maximum absolute atomic E-state index is 12.4. The Kier molecular flexibility index (Phi) is 6.88. The van der Waals surface area contributed by atoms with E-state index in [0.29, 0.717) is 36.5 Å². The lowest BCUT2D eigenvalue weighted by molar-refractivity contribution is -0.115. The minimum absolute atomic E-state index is 0.230. The van der Waals surface area contributed by atoms with Crippen molar-refractivity contribution in [2.45, 2.75) is 6.61 Å². The maximum Gasteiger partial charge on any atom is 0.264 e. The Morgan fingerprint density at radius 2 is 1.71 bits per heavy atom. The normalized spacial score (nSPS) is 16.0. The molecule has 1 amide bonds. The standard InChI is InChI=1S/C23H15Cl3N2O2S/c24-16-8-9-20(30-13-14-6-7-17(25)12-19(14)26)15(10-16)11-21-22(29)28-23(31-21)27-18-4-2-1-3-5-18/h1-12H,13H2,(H,27,28,29). The summed E-state index contributed by atoms with van der Waals surface area (Å²) < 4.78 is 5.96. The molecular weight excluding hydrogens is 475 g/mol. The van der Waals surface area contributed by atoms with E-state index < -0.39 is 0 Å². The number of nitrogens with one attached hydrogen (secondary N) is 1. The van der Waals surface area contributed by atoms with Crippen molar-refractivity contribution in [2.24, 2.45) is 4.99 Å². The van der Waals surface area contributed by atoms with Gasteiger partial charge in [-0.2, -0.15) is 0 Å². The molecule has 4 rings (SSSR count). The van der Waals surface area contributed by atoms with Crippen LogP contribution in [-0.2, 0) is 11.4 Å². The van der Waals surface area contributed by atoms with E-state index >= 15 is 0 Å². The van der Waals surface area contributed by atoms with E-state index in [4.69, 9.17) is 39.5 Å². The highest BCUT2D eigenvalue weighted by atomic mass is 35.5. The average Bonchev–Trinajstić information content (AvgIpc) is 3.08. The number of ether oxygens (including phenoxy) is 1. The molecule has 0 atom stereocenters. The smallest absolute Gasteiger partial charge is 0.264 e. The quantitative estimate of drug-likeness (QED) is 0.388. The van der Waals surface area contributed by atoms with Crippen LogP contribution in [0.4, 0.5) is 5.69 Å². The van der Waals surface area contributed by atoms with Crippen molar-refractivity contribution >= 4 is 69.4 Å². The zero-order chi connectivity index (χ0) is 21.8. The number of hydrogen-bond acceptors (Lipinski definition) is 4. The van der Waals surface area contributed by atoms with Gasteiger partial charge in [0.25, 0.3) is 5.91 Å². The van der Waals surface area contributed by atoms with Gasteiger partial charge >= 0.3 is 0 Å². The molecule has 1 fully saturated rings. The van der Waals surface area contributed by atoms with Crippen LogP contribution in [-0.4, -0.2) is 11.1 Å². The van der Waals surface area contributed by atoms with Gasteiger partial charge in [-0.3, -0.25) is 4.79 Å². The maximum atomic E-state index is 12.4. The van der Waals surface area contributed by atoms with E-state index in [2.05, 4.69) is 10.3 Å². The van der Waals surface area contributed by atoms with Crippen molar-refractivity contribution in [3.05, 3.63) is 97.8 Å². The summed E-state index contributed by atoms with van der Waals surface area (Å²) in [4.78, 5) is 17.4. The molecule has 0 aliphatic carbocycles. The fraction of sp³-hybridized carbons (Fsp3) is 0.0435. The molecule has 8 heteroatoms. The molecule has 0 saturated carbocycles. The molecule has 1 N–H and O–H groups in total. The fourth-order valence-corrected chi connectivity index (χ4v) is 4.28. The predicted molar refractivity (Wildman–Crippen MR) is 129 cm³/mol. The third kappa shape index (κ3) is 5.63. The number of amides is 1. The van der Waals surface area contributed by atoms with Crippen LogP contribution in [0, 0.1) is 0 Å². The molecule has 1 saturated heterocycles. The highest BCUT2D eigenvalue weighted by Crippen LogP contribution is 2.32. The van der Waals surface area contributed by atoms with Gasteiger partial charge in [0.05, 0.1) is 10.6 Å². The number of halogens is 3. The van der Waals surface area contributed by atoms with Gasteiger partial charge in [0.15, 0.2) is 5.17 Å². The molecule has 0 unspecified atom stereocenters. The number of hydrogen-bond donors (Lipinski definition) is 1. The topological polar surface area (TPSA) is 50.7 Å². The van der Waals surface area contributed by atoms with Crippen LogP contribution in [0.3, 0.4) is 0 Å². The fourth-order valence-electron chi connectivity index (χ4n) is 2.80. The zero-order valence-electron chi connectivity index (χ0n) is 15.9. The lowest BCUT2D eigenvalue weighted by atomic mass is 10.1. The Hall–Kier alpha value is -2.44.